The Morgan fingerprint density at radius 2 is 2.00 bits per heavy atom. The third-order valence-electron chi connectivity index (χ3n) is 4.50. The molecule has 0 aliphatic heterocycles. The van der Waals surface area contributed by atoms with Gasteiger partial charge in [-0.25, -0.2) is 4.39 Å². The summed E-state index contributed by atoms with van der Waals surface area (Å²) >= 11 is 0. The second-order valence-corrected chi connectivity index (χ2v) is 6.37. The molecule has 4 nitrogen and oxygen atoms in total. The number of carbonyl (C=O) groups is 1. The topological polar surface area (TPSA) is 59.3 Å². The van der Waals surface area contributed by atoms with Gasteiger partial charge in [-0.2, -0.15) is 0 Å². The van der Waals surface area contributed by atoms with E-state index in [2.05, 4.69) is 5.32 Å². The molecule has 2 aromatic rings. The average Bonchev–Trinajstić information content (AvgIpc) is 2.95. The lowest BCUT2D eigenvalue weighted by Crippen LogP contribution is -2.38. The van der Waals surface area contributed by atoms with E-state index < -0.39 is 0 Å². The SMILES string of the molecule is Cc1cc(=O)cc(C(=O)N[C@H]2CCC[C@H]2Cc2ccc(F)cc2)o1. The van der Waals surface area contributed by atoms with Gasteiger partial charge in [0.05, 0.1) is 0 Å². The Hall–Kier alpha value is -2.43. The summed E-state index contributed by atoms with van der Waals surface area (Å²) in [6.45, 7) is 1.64. The first-order chi connectivity index (χ1) is 11.5. The van der Waals surface area contributed by atoms with Crippen LogP contribution in [0.3, 0.4) is 0 Å². The first-order valence-corrected chi connectivity index (χ1v) is 8.18. The summed E-state index contributed by atoms with van der Waals surface area (Å²) in [6, 6.07) is 9.08. The van der Waals surface area contributed by atoms with Crippen molar-refractivity contribution in [3.63, 3.8) is 0 Å². The van der Waals surface area contributed by atoms with Gasteiger partial charge < -0.3 is 9.73 Å². The van der Waals surface area contributed by atoms with Gasteiger partial charge in [-0.1, -0.05) is 18.6 Å². The van der Waals surface area contributed by atoms with Crippen LogP contribution in [0.1, 0.15) is 41.1 Å². The van der Waals surface area contributed by atoms with E-state index in [-0.39, 0.29) is 29.0 Å². The number of aryl methyl sites for hydroxylation is 1. The molecule has 0 bridgehead atoms. The number of hydrogen-bond donors (Lipinski definition) is 1. The number of carbonyl (C=O) groups excluding carboxylic acids is 1. The fourth-order valence-corrected chi connectivity index (χ4v) is 3.35. The monoisotopic (exact) mass is 329 g/mol. The molecule has 1 heterocycles. The first-order valence-electron chi connectivity index (χ1n) is 8.18. The van der Waals surface area contributed by atoms with E-state index in [1.54, 1.807) is 19.1 Å². The zero-order valence-electron chi connectivity index (χ0n) is 13.5. The summed E-state index contributed by atoms with van der Waals surface area (Å²) in [6.07, 6.45) is 3.74. The van der Waals surface area contributed by atoms with Crippen molar-refractivity contribution in [2.45, 2.75) is 38.6 Å². The average molecular weight is 329 g/mol. The molecule has 1 aromatic carbocycles. The van der Waals surface area contributed by atoms with Crippen molar-refractivity contribution in [1.29, 1.82) is 0 Å². The fraction of sp³-hybridized carbons (Fsp3) is 0.368. The summed E-state index contributed by atoms with van der Waals surface area (Å²) in [4.78, 5) is 23.9. The van der Waals surface area contributed by atoms with Crippen LogP contribution >= 0.6 is 0 Å². The van der Waals surface area contributed by atoms with Crippen LogP contribution in [0.25, 0.3) is 0 Å². The van der Waals surface area contributed by atoms with Crippen molar-refractivity contribution < 1.29 is 13.6 Å². The van der Waals surface area contributed by atoms with Gasteiger partial charge in [0, 0.05) is 18.2 Å². The van der Waals surface area contributed by atoms with Gasteiger partial charge in [-0.05, 0) is 49.8 Å². The summed E-state index contributed by atoms with van der Waals surface area (Å²) < 4.78 is 18.4. The van der Waals surface area contributed by atoms with Gasteiger partial charge in [0.2, 0.25) is 0 Å². The normalized spacial score (nSPS) is 20.1. The summed E-state index contributed by atoms with van der Waals surface area (Å²) in [5.74, 6) is 0.168. The van der Waals surface area contributed by atoms with E-state index in [0.29, 0.717) is 11.7 Å². The maximum absolute atomic E-state index is 13.0. The van der Waals surface area contributed by atoms with Crippen LogP contribution in [0, 0.1) is 18.7 Å². The summed E-state index contributed by atoms with van der Waals surface area (Å²) in [5.41, 5.74) is 0.822. The zero-order chi connectivity index (χ0) is 17.1. The van der Waals surface area contributed by atoms with E-state index in [4.69, 9.17) is 4.42 Å². The van der Waals surface area contributed by atoms with E-state index in [1.165, 1.54) is 24.3 Å². The maximum atomic E-state index is 13.0. The van der Waals surface area contributed by atoms with Crippen LogP contribution in [0.5, 0.6) is 0 Å². The molecule has 0 spiro atoms. The Bertz CT molecular complexity index is 782. The smallest absolute Gasteiger partial charge is 0.287 e. The Labute approximate surface area is 139 Å². The Morgan fingerprint density at radius 1 is 1.25 bits per heavy atom. The molecule has 24 heavy (non-hydrogen) atoms. The van der Waals surface area contributed by atoms with Crippen LogP contribution in [-0.4, -0.2) is 11.9 Å². The van der Waals surface area contributed by atoms with Gasteiger partial charge in [0.15, 0.2) is 11.2 Å². The van der Waals surface area contributed by atoms with E-state index in [1.807, 2.05) is 0 Å². The first kappa shape index (κ1) is 16.4. The minimum Gasteiger partial charge on any atom is -0.456 e. The summed E-state index contributed by atoms with van der Waals surface area (Å²) in [5, 5.41) is 2.99. The highest BCUT2D eigenvalue weighted by atomic mass is 19.1. The number of hydrogen-bond acceptors (Lipinski definition) is 3. The fourth-order valence-electron chi connectivity index (χ4n) is 3.35. The second-order valence-electron chi connectivity index (χ2n) is 6.37. The molecule has 1 saturated carbocycles. The molecule has 5 heteroatoms. The van der Waals surface area contributed by atoms with Crippen LogP contribution in [0.4, 0.5) is 4.39 Å². The van der Waals surface area contributed by atoms with Crippen molar-refractivity contribution >= 4 is 5.91 Å². The third kappa shape index (κ3) is 3.91. The van der Waals surface area contributed by atoms with Gasteiger partial charge in [0.25, 0.3) is 5.91 Å². The predicted octanol–water partition coefficient (Wildman–Crippen LogP) is 3.23. The van der Waals surface area contributed by atoms with E-state index in [0.717, 1.165) is 31.2 Å². The minimum absolute atomic E-state index is 0.0355. The molecule has 1 N–H and O–H groups in total. The molecule has 0 saturated heterocycles. The third-order valence-corrected chi connectivity index (χ3v) is 4.50. The molecule has 126 valence electrons. The number of amides is 1. The number of rotatable bonds is 4. The highest BCUT2D eigenvalue weighted by molar-refractivity contribution is 5.91. The number of benzene rings is 1. The van der Waals surface area contributed by atoms with Gasteiger partial charge >= 0.3 is 0 Å². The quantitative estimate of drug-likeness (QED) is 0.937. The molecule has 1 amide bonds. The lowest BCUT2D eigenvalue weighted by atomic mass is 9.94. The van der Waals surface area contributed by atoms with Gasteiger partial charge in [-0.3, -0.25) is 9.59 Å². The van der Waals surface area contributed by atoms with Gasteiger partial charge in [0.1, 0.15) is 11.6 Å². The van der Waals surface area contributed by atoms with Gasteiger partial charge in [-0.15, -0.1) is 0 Å². The van der Waals surface area contributed by atoms with Crippen molar-refractivity contribution in [2.75, 3.05) is 0 Å². The highest BCUT2D eigenvalue weighted by Crippen LogP contribution is 2.29. The molecule has 3 rings (SSSR count). The van der Waals surface area contributed by atoms with Crippen molar-refractivity contribution in [1.82, 2.24) is 5.32 Å². The van der Waals surface area contributed by atoms with Crippen molar-refractivity contribution in [2.24, 2.45) is 5.92 Å². The molecule has 1 fully saturated rings. The van der Waals surface area contributed by atoms with E-state index >= 15 is 0 Å². The Kier molecular flexibility index (Phi) is 4.79. The molecule has 1 aliphatic rings. The van der Waals surface area contributed by atoms with Crippen molar-refractivity contribution in [3.8, 4) is 0 Å². The van der Waals surface area contributed by atoms with Crippen LogP contribution < -0.4 is 10.7 Å². The van der Waals surface area contributed by atoms with Crippen LogP contribution in [0.15, 0.2) is 45.6 Å². The lowest BCUT2D eigenvalue weighted by molar-refractivity contribution is 0.0895. The predicted molar refractivity (Wildman–Crippen MR) is 88.4 cm³/mol. The highest BCUT2D eigenvalue weighted by Gasteiger charge is 2.29. The molecule has 2 atom stereocenters. The summed E-state index contributed by atoms with van der Waals surface area (Å²) in [7, 11) is 0. The second kappa shape index (κ2) is 6.99. The Balaban J connectivity index is 1.68. The van der Waals surface area contributed by atoms with Crippen LogP contribution in [0.2, 0.25) is 0 Å². The number of nitrogens with one attached hydrogen (secondary N) is 1. The standard InChI is InChI=1S/C19H20FNO3/c1-12-9-16(22)11-18(24-12)19(23)21-17-4-2-3-14(17)10-13-5-7-15(20)8-6-13/h5-9,11,14,17H,2-4,10H2,1H3,(H,21,23)/t14-,17-/m0/s1. The lowest BCUT2D eigenvalue weighted by Gasteiger charge is -2.21. The molecule has 0 unspecified atom stereocenters. The largest absolute Gasteiger partial charge is 0.456 e. The number of halogens is 1. The minimum atomic E-state index is -0.355. The molecule has 1 aliphatic carbocycles. The molecular weight excluding hydrogens is 309 g/mol. The zero-order valence-corrected chi connectivity index (χ0v) is 13.5. The molecule has 0 radical (unpaired) electrons. The van der Waals surface area contributed by atoms with E-state index in [9.17, 15) is 14.0 Å². The molecule has 1 aromatic heterocycles. The Morgan fingerprint density at radius 3 is 2.71 bits per heavy atom. The molecular formula is C19H20FNO3. The van der Waals surface area contributed by atoms with Crippen LogP contribution in [-0.2, 0) is 6.42 Å². The maximum Gasteiger partial charge on any atom is 0.287 e. The van der Waals surface area contributed by atoms with Crippen molar-refractivity contribution in [3.05, 3.63) is 69.5 Å².